The van der Waals surface area contributed by atoms with Crippen molar-refractivity contribution >= 4 is 23.4 Å². The lowest BCUT2D eigenvalue weighted by molar-refractivity contribution is -0.134. The second-order valence-corrected chi connectivity index (χ2v) is 7.49. The van der Waals surface area contributed by atoms with Crippen LogP contribution in [0.3, 0.4) is 0 Å². The second kappa shape index (κ2) is 9.26. The third-order valence-corrected chi connectivity index (χ3v) is 5.22. The molecule has 2 N–H and O–H groups in total. The lowest BCUT2D eigenvalue weighted by Crippen LogP contribution is -2.45. The van der Waals surface area contributed by atoms with Crippen LogP contribution in [0.4, 0.5) is 5.69 Å². The first-order chi connectivity index (χ1) is 15.1. The second-order valence-electron chi connectivity index (χ2n) is 7.49. The molecule has 1 unspecified atom stereocenters. The third-order valence-electron chi connectivity index (χ3n) is 5.22. The van der Waals surface area contributed by atoms with Gasteiger partial charge in [-0.15, -0.1) is 0 Å². The van der Waals surface area contributed by atoms with Crippen LogP contribution in [0.1, 0.15) is 27.9 Å². The number of hydrogen-bond donors (Lipinski definition) is 2. The molecule has 4 rings (SSSR count). The summed E-state index contributed by atoms with van der Waals surface area (Å²) in [6.07, 6.45) is -0.120. The van der Waals surface area contributed by atoms with Gasteiger partial charge < -0.3 is 15.5 Å². The monoisotopic (exact) mass is 413 g/mol. The molecule has 31 heavy (non-hydrogen) atoms. The summed E-state index contributed by atoms with van der Waals surface area (Å²) in [5.74, 6) is -0.977. The Morgan fingerprint density at radius 3 is 1.94 bits per heavy atom. The largest absolute Gasteiger partial charge is 0.340 e. The summed E-state index contributed by atoms with van der Waals surface area (Å²) in [7, 11) is 0. The van der Waals surface area contributed by atoms with Crippen LogP contribution in [0, 0.1) is 0 Å². The van der Waals surface area contributed by atoms with Crippen molar-refractivity contribution in [2.24, 2.45) is 0 Å². The molecule has 6 nitrogen and oxygen atoms in total. The van der Waals surface area contributed by atoms with Gasteiger partial charge in [-0.1, -0.05) is 72.8 Å². The van der Waals surface area contributed by atoms with Gasteiger partial charge in [-0.25, -0.2) is 0 Å². The van der Waals surface area contributed by atoms with Crippen LogP contribution in [0.15, 0.2) is 84.9 Å². The molecule has 0 spiro atoms. The van der Waals surface area contributed by atoms with Crippen LogP contribution in [-0.2, 0) is 22.7 Å². The predicted octanol–water partition coefficient (Wildman–Crippen LogP) is 3.36. The maximum Gasteiger partial charge on any atom is 0.254 e. The fourth-order valence-electron chi connectivity index (χ4n) is 3.60. The molecule has 3 aromatic carbocycles. The summed E-state index contributed by atoms with van der Waals surface area (Å²) in [6, 6.07) is 25.3. The van der Waals surface area contributed by atoms with Crippen LogP contribution < -0.4 is 10.6 Å². The van der Waals surface area contributed by atoms with Gasteiger partial charge in [0.1, 0.15) is 6.04 Å². The van der Waals surface area contributed by atoms with Gasteiger partial charge in [0.15, 0.2) is 0 Å². The van der Waals surface area contributed by atoms with E-state index < -0.39 is 11.9 Å². The quantitative estimate of drug-likeness (QED) is 0.651. The molecule has 156 valence electrons. The molecule has 1 heterocycles. The molecule has 1 atom stereocenters. The van der Waals surface area contributed by atoms with Crippen molar-refractivity contribution in [3.63, 3.8) is 0 Å². The Hall–Kier alpha value is -3.93. The zero-order chi connectivity index (χ0) is 21.6. The molecule has 0 aromatic heterocycles. The summed E-state index contributed by atoms with van der Waals surface area (Å²) in [5.41, 5.74) is 2.82. The lowest BCUT2D eigenvalue weighted by atomic mass is 10.1. The highest BCUT2D eigenvalue weighted by Crippen LogP contribution is 2.20. The average Bonchev–Trinajstić information content (AvgIpc) is 2.91. The number of fused-ring (bicyclic) bond motifs is 1. The SMILES string of the molecule is O=C1NC(CC(=O)N(Cc2ccccc2)Cc2ccccc2)C(=O)Nc2ccccc21. The fraction of sp³-hybridized carbons (Fsp3) is 0.160. The highest BCUT2D eigenvalue weighted by molar-refractivity contribution is 6.10. The van der Waals surface area contributed by atoms with E-state index in [0.717, 1.165) is 11.1 Å². The van der Waals surface area contributed by atoms with Crippen LogP contribution in [0.2, 0.25) is 0 Å². The average molecular weight is 413 g/mol. The number of hydrogen-bond acceptors (Lipinski definition) is 3. The van der Waals surface area contributed by atoms with E-state index in [2.05, 4.69) is 10.6 Å². The summed E-state index contributed by atoms with van der Waals surface area (Å²) < 4.78 is 0. The predicted molar refractivity (Wildman–Crippen MR) is 118 cm³/mol. The summed E-state index contributed by atoms with van der Waals surface area (Å²) >= 11 is 0. The number of carbonyl (C=O) groups excluding carboxylic acids is 3. The summed E-state index contributed by atoms with van der Waals surface area (Å²) in [4.78, 5) is 40.2. The molecule has 0 fully saturated rings. The molecule has 0 radical (unpaired) electrons. The van der Waals surface area contributed by atoms with Gasteiger partial charge in [-0.2, -0.15) is 0 Å². The number of rotatable bonds is 6. The minimum absolute atomic E-state index is 0.120. The van der Waals surface area contributed by atoms with E-state index in [1.165, 1.54) is 0 Å². The van der Waals surface area contributed by atoms with Crippen molar-refractivity contribution in [3.05, 3.63) is 102 Å². The molecule has 0 saturated carbocycles. The lowest BCUT2D eigenvalue weighted by Gasteiger charge is -2.25. The zero-order valence-electron chi connectivity index (χ0n) is 17.0. The van der Waals surface area contributed by atoms with Crippen LogP contribution >= 0.6 is 0 Å². The van der Waals surface area contributed by atoms with Gasteiger partial charge in [0.25, 0.3) is 5.91 Å². The molecule has 3 amide bonds. The van der Waals surface area contributed by atoms with Crippen LogP contribution in [-0.4, -0.2) is 28.7 Å². The van der Waals surface area contributed by atoms with Gasteiger partial charge in [-0.3, -0.25) is 14.4 Å². The van der Waals surface area contributed by atoms with Crippen molar-refractivity contribution in [2.75, 3.05) is 5.32 Å². The van der Waals surface area contributed by atoms with Crippen LogP contribution in [0.25, 0.3) is 0 Å². The minimum atomic E-state index is -0.943. The van der Waals surface area contributed by atoms with E-state index >= 15 is 0 Å². The van der Waals surface area contributed by atoms with Gasteiger partial charge >= 0.3 is 0 Å². The number of nitrogens with zero attached hydrogens (tertiary/aromatic N) is 1. The number of anilines is 1. The Labute approximate surface area is 180 Å². The third kappa shape index (κ3) is 4.98. The van der Waals surface area contributed by atoms with Crippen molar-refractivity contribution in [1.82, 2.24) is 10.2 Å². The van der Waals surface area contributed by atoms with E-state index in [4.69, 9.17) is 0 Å². The first kappa shape index (κ1) is 20.3. The topological polar surface area (TPSA) is 78.5 Å². The molecule has 1 aliphatic heterocycles. The van der Waals surface area contributed by atoms with E-state index in [0.29, 0.717) is 24.3 Å². The number of carbonyl (C=O) groups is 3. The fourth-order valence-corrected chi connectivity index (χ4v) is 3.60. The highest BCUT2D eigenvalue weighted by atomic mass is 16.2. The number of nitrogens with one attached hydrogen (secondary N) is 2. The molecule has 0 aliphatic carbocycles. The Kier molecular flexibility index (Phi) is 6.08. The van der Waals surface area contributed by atoms with Gasteiger partial charge in [-0.05, 0) is 23.3 Å². The van der Waals surface area contributed by atoms with E-state index in [1.807, 2.05) is 60.7 Å². The summed E-state index contributed by atoms with van der Waals surface area (Å²) in [5, 5.41) is 5.45. The molecular formula is C25H23N3O3. The number of para-hydroxylation sites is 1. The first-order valence-electron chi connectivity index (χ1n) is 10.2. The van der Waals surface area contributed by atoms with E-state index in [-0.39, 0.29) is 18.2 Å². The van der Waals surface area contributed by atoms with Crippen molar-refractivity contribution < 1.29 is 14.4 Å². The van der Waals surface area contributed by atoms with Crippen molar-refractivity contribution in [2.45, 2.75) is 25.6 Å². The maximum absolute atomic E-state index is 13.3. The van der Waals surface area contributed by atoms with Crippen molar-refractivity contribution in [3.8, 4) is 0 Å². The molecule has 1 aliphatic rings. The van der Waals surface area contributed by atoms with Crippen LogP contribution in [0.5, 0.6) is 0 Å². The number of amides is 3. The Morgan fingerprint density at radius 2 is 1.32 bits per heavy atom. The molecule has 0 bridgehead atoms. The standard InChI is InChI=1S/C25H23N3O3/c29-23(15-22-25(31)26-21-14-8-7-13-20(21)24(30)27-22)28(16-18-9-3-1-4-10-18)17-19-11-5-2-6-12-19/h1-14,22H,15-17H2,(H,26,31)(H,27,30). The van der Waals surface area contributed by atoms with Gasteiger partial charge in [0.2, 0.25) is 11.8 Å². The number of benzene rings is 3. The van der Waals surface area contributed by atoms with Crippen molar-refractivity contribution in [1.29, 1.82) is 0 Å². The Morgan fingerprint density at radius 1 is 0.774 bits per heavy atom. The molecule has 0 saturated heterocycles. The first-order valence-corrected chi connectivity index (χ1v) is 10.2. The van der Waals surface area contributed by atoms with Gasteiger partial charge in [0.05, 0.1) is 17.7 Å². The molecule has 3 aromatic rings. The Balaban J connectivity index is 1.52. The molecule has 6 heteroatoms. The molecular weight excluding hydrogens is 390 g/mol. The maximum atomic E-state index is 13.3. The normalized spacial score (nSPS) is 15.3. The summed E-state index contributed by atoms with van der Waals surface area (Å²) in [6.45, 7) is 0.828. The zero-order valence-corrected chi connectivity index (χ0v) is 17.0. The van der Waals surface area contributed by atoms with E-state index in [9.17, 15) is 14.4 Å². The van der Waals surface area contributed by atoms with Gasteiger partial charge in [0, 0.05) is 13.1 Å². The highest BCUT2D eigenvalue weighted by Gasteiger charge is 2.30. The smallest absolute Gasteiger partial charge is 0.254 e. The minimum Gasteiger partial charge on any atom is -0.340 e. The van der Waals surface area contributed by atoms with E-state index in [1.54, 1.807) is 29.2 Å². The Bertz CT molecular complexity index is 1040.